The monoisotopic (exact) mass is 269 g/mol. The number of nitrogens with two attached hydrogens (primary N) is 1. The molecule has 5 nitrogen and oxygen atoms in total. The van der Waals surface area contributed by atoms with E-state index in [1.807, 2.05) is 6.92 Å². The quantitative estimate of drug-likeness (QED) is 0.819. The van der Waals surface area contributed by atoms with Crippen LogP contribution in [0, 0.1) is 12.8 Å². The second kappa shape index (κ2) is 5.71. The van der Waals surface area contributed by atoms with Gasteiger partial charge in [0.15, 0.2) is 5.82 Å². The molecule has 1 aromatic rings. The number of aryl methyl sites for hydroxylation is 1. The number of hydrogen-bond acceptors (Lipinski definition) is 5. The summed E-state index contributed by atoms with van der Waals surface area (Å²) in [4.78, 5) is 10.5. The number of hydrogen-bond donors (Lipinski definition) is 2. The summed E-state index contributed by atoms with van der Waals surface area (Å²) in [5.41, 5.74) is 7.25. The zero-order valence-corrected chi connectivity index (χ0v) is 11.7. The minimum atomic E-state index is 0.241. The van der Waals surface area contributed by atoms with E-state index < -0.39 is 0 Å². The van der Waals surface area contributed by atoms with Crippen molar-refractivity contribution in [3.63, 3.8) is 0 Å². The molecule has 0 bridgehead atoms. The van der Waals surface area contributed by atoms with Crippen LogP contribution in [-0.4, -0.2) is 41.5 Å². The molecule has 0 amide bonds. The van der Waals surface area contributed by atoms with Crippen LogP contribution in [0.25, 0.3) is 0 Å². The Bertz CT molecular complexity index is 423. The fourth-order valence-electron chi connectivity index (χ4n) is 2.36. The molecule has 1 fully saturated rings. The maximum Gasteiger partial charge on any atom is 0.224 e. The zero-order chi connectivity index (χ0) is 13.1. The maximum absolute atomic E-state index is 5.94. The molecule has 0 aliphatic carbocycles. The lowest BCUT2D eigenvalue weighted by Crippen LogP contribution is -2.35. The van der Waals surface area contributed by atoms with Gasteiger partial charge in [-0.25, -0.2) is 4.98 Å². The van der Waals surface area contributed by atoms with Gasteiger partial charge in [0.1, 0.15) is 0 Å². The highest BCUT2D eigenvalue weighted by Crippen LogP contribution is 2.22. The van der Waals surface area contributed by atoms with Gasteiger partial charge in [-0.15, -0.1) is 0 Å². The van der Waals surface area contributed by atoms with Crippen LogP contribution in [0.1, 0.15) is 18.5 Å². The molecule has 1 unspecified atom stereocenters. The highest BCUT2D eigenvalue weighted by Gasteiger charge is 2.17. The Hall–Kier alpha value is -1.07. The largest absolute Gasteiger partial charge is 0.394 e. The van der Waals surface area contributed by atoms with Gasteiger partial charge < -0.3 is 16.0 Å². The van der Waals surface area contributed by atoms with Crippen molar-refractivity contribution < 1.29 is 0 Å². The summed E-state index contributed by atoms with van der Waals surface area (Å²) in [6, 6.07) is 0. The number of piperidine rings is 1. The summed E-state index contributed by atoms with van der Waals surface area (Å²) >= 11 is 5.84. The summed E-state index contributed by atoms with van der Waals surface area (Å²) in [6.07, 6.45) is 2.50. The smallest absolute Gasteiger partial charge is 0.224 e. The van der Waals surface area contributed by atoms with E-state index in [1.54, 1.807) is 0 Å². The molecule has 0 saturated carbocycles. The van der Waals surface area contributed by atoms with Crippen molar-refractivity contribution in [1.29, 1.82) is 0 Å². The molecular weight excluding hydrogens is 250 g/mol. The van der Waals surface area contributed by atoms with Crippen molar-refractivity contribution in [1.82, 2.24) is 14.9 Å². The fraction of sp³-hybridized carbons (Fsp3) is 0.667. The Labute approximate surface area is 113 Å². The standard InChI is InChI=1S/C12H20ClN5/c1-8-10(14)11(17-12(13)16-8)15-6-9-4-3-5-18(2)7-9/h9H,3-7,14H2,1-2H3,(H,15,16,17). The van der Waals surface area contributed by atoms with Gasteiger partial charge in [0.25, 0.3) is 0 Å². The van der Waals surface area contributed by atoms with Crippen molar-refractivity contribution in [3.8, 4) is 0 Å². The molecule has 100 valence electrons. The van der Waals surface area contributed by atoms with Crippen LogP contribution in [0.15, 0.2) is 0 Å². The molecule has 0 aromatic carbocycles. The van der Waals surface area contributed by atoms with Gasteiger partial charge in [-0.1, -0.05) is 0 Å². The number of likely N-dealkylation sites (tertiary alicyclic amines) is 1. The minimum absolute atomic E-state index is 0.241. The minimum Gasteiger partial charge on any atom is -0.394 e. The highest BCUT2D eigenvalue weighted by molar-refractivity contribution is 6.28. The molecule has 1 saturated heterocycles. The van der Waals surface area contributed by atoms with Gasteiger partial charge in [-0.05, 0) is 50.9 Å². The van der Waals surface area contributed by atoms with Crippen LogP contribution >= 0.6 is 11.6 Å². The Morgan fingerprint density at radius 2 is 2.28 bits per heavy atom. The third kappa shape index (κ3) is 3.23. The predicted octanol–water partition coefficient (Wildman–Crippen LogP) is 1.77. The molecule has 0 radical (unpaired) electrons. The second-order valence-electron chi connectivity index (χ2n) is 4.99. The van der Waals surface area contributed by atoms with E-state index in [0.717, 1.165) is 18.8 Å². The van der Waals surface area contributed by atoms with Crippen LogP contribution in [0.3, 0.4) is 0 Å². The van der Waals surface area contributed by atoms with Gasteiger partial charge in [0, 0.05) is 13.1 Å². The lowest BCUT2D eigenvalue weighted by molar-refractivity contribution is 0.217. The number of nitrogen functional groups attached to an aromatic ring is 1. The first-order valence-corrected chi connectivity index (χ1v) is 6.66. The first-order valence-electron chi connectivity index (χ1n) is 6.28. The van der Waals surface area contributed by atoms with E-state index in [9.17, 15) is 0 Å². The third-order valence-electron chi connectivity index (χ3n) is 3.39. The normalized spacial score (nSPS) is 20.9. The maximum atomic E-state index is 5.94. The van der Waals surface area contributed by atoms with E-state index in [-0.39, 0.29) is 5.28 Å². The molecule has 1 aliphatic rings. The van der Waals surface area contributed by atoms with E-state index in [0.29, 0.717) is 17.4 Å². The average molecular weight is 270 g/mol. The first kappa shape index (κ1) is 13.4. The fourth-order valence-corrected chi connectivity index (χ4v) is 2.57. The van der Waals surface area contributed by atoms with Crippen molar-refractivity contribution in [2.75, 3.05) is 37.7 Å². The van der Waals surface area contributed by atoms with Crippen LogP contribution < -0.4 is 11.1 Å². The zero-order valence-electron chi connectivity index (χ0n) is 10.9. The molecule has 2 heterocycles. The van der Waals surface area contributed by atoms with Crippen LogP contribution in [0.4, 0.5) is 11.5 Å². The summed E-state index contributed by atoms with van der Waals surface area (Å²) in [5, 5.41) is 3.54. The highest BCUT2D eigenvalue weighted by atomic mass is 35.5. The van der Waals surface area contributed by atoms with E-state index in [1.165, 1.54) is 19.4 Å². The molecular formula is C12H20ClN5. The van der Waals surface area contributed by atoms with E-state index >= 15 is 0 Å². The Morgan fingerprint density at radius 3 is 3.00 bits per heavy atom. The number of aromatic nitrogens is 2. The van der Waals surface area contributed by atoms with E-state index in [2.05, 4.69) is 27.2 Å². The van der Waals surface area contributed by atoms with Crippen LogP contribution in [-0.2, 0) is 0 Å². The Morgan fingerprint density at radius 1 is 1.50 bits per heavy atom. The number of anilines is 2. The summed E-state index contributed by atoms with van der Waals surface area (Å²) in [5.74, 6) is 1.29. The molecule has 2 rings (SSSR count). The summed E-state index contributed by atoms with van der Waals surface area (Å²) in [7, 11) is 2.16. The lowest BCUT2D eigenvalue weighted by atomic mass is 9.98. The number of nitrogens with zero attached hydrogens (tertiary/aromatic N) is 3. The van der Waals surface area contributed by atoms with Gasteiger partial charge in [0.2, 0.25) is 5.28 Å². The second-order valence-corrected chi connectivity index (χ2v) is 5.33. The van der Waals surface area contributed by atoms with Gasteiger partial charge in [-0.2, -0.15) is 4.98 Å². The Balaban J connectivity index is 1.97. The topological polar surface area (TPSA) is 67.1 Å². The molecule has 1 aliphatic heterocycles. The molecule has 3 N–H and O–H groups in total. The SMILES string of the molecule is Cc1nc(Cl)nc(NCC2CCCN(C)C2)c1N. The number of rotatable bonds is 3. The molecule has 1 atom stereocenters. The summed E-state index contributed by atoms with van der Waals surface area (Å²) < 4.78 is 0. The molecule has 6 heteroatoms. The van der Waals surface area contributed by atoms with Gasteiger partial charge in [0.05, 0.1) is 11.4 Å². The molecule has 18 heavy (non-hydrogen) atoms. The van der Waals surface area contributed by atoms with Crippen molar-refractivity contribution in [3.05, 3.63) is 11.0 Å². The van der Waals surface area contributed by atoms with Crippen molar-refractivity contribution >= 4 is 23.1 Å². The predicted molar refractivity (Wildman–Crippen MR) is 74.9 cm³/mol. The van der Waals surface area contributed by atoms with Gasteiger partial charge >= 0.3 is 0 Å². The van der Waals surface area contributed by atoms with Crippen molar-refractivity contribution in [2.45, 2.75) is 19.8 Å². The Kier molecular flexibility index (Phi) is 4.24. The lowest BCUT2D eigenvalue weighted by Gasteiger charge is -2.29. The van der Waals surface area contributed by atoms with Crippen LogP contribution in [0.2, 0.25) is 5.28 Å². The average Bonchev–Trinajstić information content (AvgIpc) is 2.32. The summed E-state index contributed by atoms with van der Waals surface area (Å²) in [6.45, 7) is 5.02. The number of nitrogens with one attached hydrogen (secondary N) is 1. The molecule has 0 spiro atoms. The van der Waals surface area contributed by atoms with Crippen LogP contribution in [0.5, 0.6) is 0 Å². The van der Waals surface area contributed by atoms with Gasteiger partial charge in [-0.3, -0.25) is 0 Å². The number of halogens is 1. The molecule has 1 aromatic heterocycles. The van der Waals surface area contributed by atoms with Crippen molar-refractivity contribution in [2.24, 2.45) is 5.92 Å². The first-order chi connectivity index (χ1) is 8.56. The third-order valence-corrected chi connectivity index (χ3v) is 3.56. The van der Waals surface area contributed by atoms with E-state index in [4.69, 9.17) is 17.3 Å².